The summed E-state index contributed by atoms with van der Waals surface area (Å²) in [6.45, 7) is 8.77. The average molecular weight is 339 g/mol. The molecule has 0 saturated carbocycles. The molecule has 1 aromatic heterocycles. The Kier molecular flexibility index (Phi) is 6.28. The van der Waals surface area contributed by atoms with Gasteiger partial charge >= 0.3 is 0 Å². The third kappa shape index (κ3) is 5.41. The monoisotopic (exact) mass is 339 g/mol. The highest BCUT2D eigenvalue weighted by Gasteiger charge is 2.13. The topological polar surface area (TPSA) is 71.1 Å². The highest BCUT2D eigenvalue weighted by atomic mass is 16.2. The van der Waals surface area contributed by atoms with Gasteiger partial charge in [0.05, 0.1) is 0 Å². The van der Waals surface area contributed by atoms with Crippen molar-refractivity contribution in [1.82, 2.24) is 10.3 Å². The van der Waals surface area contributed by atoms with Crippen LogP contribution in [0.1, 0.15) is 52.2 Å². The number of aryl methyl sites for hydroxylation is 2. The summed E-state index contributed by atoms with van der Waals surface area (Å²) in [6, 6.07) is 8.93. The molecule has 1 heterocycles. The van der Waals surface area contributed by atoms with E-state index in [1.165, 1.54) is 12.3 Å². The number of carbonyl (C=O) groups is 2. The van der Waals surface area contributed by atoms with Crippen LogP contribution in [-0.4, -0.2) is 23.3 Å². The second-order valence-electron chi connectivity index (χ2n) is 6.64. The molecule has 2 amide bonds. The lowest BCUT2D eigenvalue weighted by atomic mass is 10.1. The predicted molar refractivity (Wildman–Crippen MR) is 99.9 cm³/mol. The summed E-state index contributed by atoms with van der Waals surface area (Å²) < 4.78 is 0. The van der Waals surface area contributed by atoms with Gasteiger partial charge in [0.2, 0.25) is 0 Å². The summed E-state index contributed by atoms with van der Waals surface area (Å²) in [5.74, 6) is 0.00391. The fraction of sp³-hybridized carbons (Fsp3) is 0.350. The molecule has 0 aliphatic carbocycles. The summed E-state index contributed by atoms with van der Waals surface area (Å²) >= 11 is 0. The number of aromatic nitrogens is 1. The Labute approximate surface area is 148 Å². The minimum Gasteiger partial charge on any atom is -0.352 e. The zero-order valence-corrected chi connectivity index (χ0v) is 15.2. The molecule has 0 aliphatic heterocycles. The standard InChI is InChI=1S/C20H25N3O2/c1-13(2)7-9-22-19(24)16-8-10-21-18(12-16)20(25)23-17-6-5-14(3)11-15(17)4/h5-6,8,10-13H,7,9H2,1-4H3,(H,22,24)(H,23,25). The minimum absolute atomic E-state index is 0.191. The smallest absolute Gasteiger partial charge is 0.274 e. The Morgan fingerprint density at radius 2 is 1.84 bits per heavy atom. The Bertz CT molecular complexity index is 769. The summed E-state index contributed by atoms with van der Waals surface area (Å²) in [4.78, 5) is 28.7. The van der Waals surface area contributed by atoms with E-state index < -0.39 is 0 Å². The van der Waals surface area contributed by atoms with Crippen LogP contribution in [0.4, 0.5) is 5.69 Å². The maximum Gasteiger partial charge on any atom is 0.274 e. The van der Waals surface area contributed by atoms with Crippen molar-refractivity contribution in [2.45, 2.75) is 34.1 Å². The van der Waals surface area contributed by atoms with E-state index in [2.05, 4.69) is 29.5 Å². The number of benzene rings is 1. The quantitative estimate of drug-likeness (QED) is 0.842. The molecule has 1 aromatic carbocycles. The van der Waals surface area contributed by atoms with Crippen molar-refractivity contribution < 1.29 is 9.59 Å². The summed E-state index contributed by atoms with van der Waals surface area (Å²) in [7, 11) is 0. The molecule has 132 valence electrons. The number of rotatable bonds is 6. The molecule has 5 nitrogen and oxygen atoms in total. The lowest BCUT2D eigenvalue weighted by Crippen LogP contribution is -2.26. The van der Waals surface area contributed by atoms with Gasteiger partial charge in [-0.05, 0) is 49.9 Å². The number of amides is 2. The number of carbonyl (C=O) groups excluding carboxylic acids is 2. The van der Waals surface area contributed by atoms with Gasteiger partial charge in [0.1, 0.15) is 5.69 Å². The number of nitrogens with zero attached hydrogens (tertiary/aromatic N) is 1. The van der Waals surface area contributed by atoms with Crippen LogP contribution < -0.4 is 10.6 Å². The highest BCUT2D eigenvalue weighted by Crippen LogP contribution is 2.17. The van der Waals surface area contributed by atoms with Crippen molar-refractivity contribution in [3.8, 4) is 0 Å². The Balaban J connectivity index is 2.06. The normalized spacial score (nSPS) is 10.6. The minimum atomic E-state index is -0.330. The summed E-state index contributed by atoms with van der Waals surface area (Å²) in [5, 5.41) is 5.71. The second kappa shape index (κ2) is 8.42. The molecule has 25 heavy (non-hydrogen) atoms. The molecule has 0 radical (unpaired) electrons. The zero-order chi connectivity index (χ0) is 18.4. The first-order chi connectivity index (χ1) is 11.9. The van der Waals surface area contributed by atoms with Crippen molar-refractivity contribution in [3.63, 3.8) is 0 Å². The molecule has 0 atom stereocenters. The SMILES string of the molecule is Cc1ccc(NC(=O)c2cc(C(=O)NCCC(C)C)ccn2)c(C)c1. The predicted octanol–water partition coefficient (Wildman–Crippen LogP) is 3.73. The van der Waals surface area contributed by atoms with Gasteiger partial charge < -0.3 is 10.6 Å². The fourth-order valence-corrected chi connectivity index (χ4v) is 2.41. The van der Waals surface area contributed by atoms with Gasteiger partial charge in [-0.25, -0.2) is 0 Å². The van der Waals surface area contributed by atoms with E-state index in [4.69, 9.17) is 0 Å². The lowest BCUT2D eigenvalue weighted by Gasteiger charge is -2.10. The van der Waals surface area contributed by atoms with Gasteiger partial charge in [-0.3, -0.25) is 14.6 Å². The van der Waals surface area contributed by atoms with Gasteiger partial charge in [0.15, 0.2) is 0 Å². The first-order valence-corrected chi connectivity index (χ1v) is 8.49. The maximum atomic E-state index is 12.4. The van der Waals surface area contributed by atoms with Crippen LogP contribution in [0.3, 0.4) is 0 Å². The molecular formula is C20H25N3O2. The van der Waals surface area contributed by atoms with Crippen LogP contribution in [0.25, 0.3) is 0 Å². The summed E-state index contributed by atoms with van der Waals surface area (Å²) in [5.41, 5.74) is 3.51. The number of hydrogen-bond acceptors (Lipinski definition) is 3. The molecule has 0 bridgehead atoms. The van der Waals surface area contributed by atoms with E-state index in [0.29, 0.717) is 18.0 Å². The van der Waals surface area contributed by atoms with Gasteiger partial charge in [-0.15, -0.1) is 0 Å². The maximum absolute atomic E-state index is 12.4. The van der Waals surface area contributed by atoms with E-state index in [1.54, 1.807) is 6.07 Å². The zero-order valence-electron chi connectivity index (χ0n) is 15.2. The number of pyridine rings is 1. The van der Waals surface area contributed by atoms with Crippen molar-refractivity contribution in [1.29, 1.82) is 0 Å². The van der Waals surface area contributed by atoms with Crippen molar-refractivity contribution in [2.75, 3.05) is 11.9 Å². The van der Waals surface area contributed by atoms with E-state index in [0.717, 1.165) is 23.2 Å². The molecule has 5 heteroatoms. The van der Waals surface area contributed by atoms with Crippen LogP contribution >= 0.6 is 0 Å². The molecule has 2 rings (SSSR count). The lowest BCUT2D eigenvalue weighted by molar-refractivity contribution is 0.0952. The summed E-state index contributed by atoms with van der Waals surface area (Å²) in [6.07, 6.45) is 2.39. The molecule has 0 saturated heterocycles. The van der Waals surface area contributed by atoms with Crippen LogP contribution in [0.2, 0.25) is 0 Å². The Hall–Kier alpha value is -2.69. The average Bonchev–Trinajstić information content (AvgIpc) is 2.57. The number of anilines is 1. The third-order valence-electron chi connectivity index (χ3n) is 3.89. The fourth-order valence-electron chi connectivity index (χ4n) is 2.41. The van der Waals surface area contributed by atoms with Crippen molar-refractivity contribution >= 4 is 17.5 Å². The van der Waals surface area contributed by atoms with Crippen molar-refractivity contribution in [3.05, 3.63) is 58.9 Å². The van der Waals surface area contributed by atoms with Crippen LogP contribution in [0.15, 0.2) is 36.5 Å². The third-order valence-corrected chi connectivity index (χ3v) is 3.89. The van der Waals surface area contributed by atoms with Crippen LogP contribution in [0, 0.1) is 19.8 Å². The highest BCUT2D eigenvalue weighted by molar-refractivity contribution is 6.05. The van der Waals surface area contributed by atoms with E-state index in [9.17, 15) is 9.59 Å². The van der Waals surface area contributed by atoms with Gasteiger partial charge in [0, 0.05) is 24.0 Å². The first-order valence-electron chi connectivity index (χ1n) is 8.49. The van der Waals surface area contributed by atoms with Gasteiger partial charge in [-0.2, -0.15) is 0 Å². The largest absolute Gasteiger partial charge is 0.352 e. The molecule has 0 aliphatic rings. The molecular weight excluding hydrogens is 314 g/mol. The van der Waals surface area contributed by atoms with E-state index in [1.807, 2.05) is 32.0 Å². The van der Waals surface area contributed by atoms with Crippen LogP contribution in [-0.2, 0) is 0 Å². The Morgan fingerprint density at radius 3 is 2.52 bits per heavy atom. The van der Waals surface area contributed by atoms with Gasteiger partial charge in [-0.1, -0.05) is 31.5 Å². The van der Waals surface area contributed by atoms with Crippen molar-refractivity contribution in [2.24, 2.45) is 5.92 Å². The van der Waals surface area contributed by atoms with E-state index >= 15 is 0 Å². The van der Waals surface area contributed by atoms with E-state index in [-0.39, 0.29) is 17.5 Å². The molecule has 0 spiro atoms. The molecule has 0 unspecified atom stereocenters. The van der Waals surface area contributed by atoms with Crippen LogP contribution in [0.5, 0.6) is 0 Å². The second-order valence-corrected chi connectivity index (χ2v) is 6.64. The molecule has 2 aromatic rings. The Morgan fingerprint density at radius 1 is 1.08 bits per heavy atom. The molecule has 0 fully saturated rings. The van der Waals surface area contributed by atoms with Gasteiger partial charge in [0.25, 0.3) is 11.8 Å². The number of nitrogens with one attached hydrogen (secondary N) is 2. The molecule has 2 N–H and O–H groups in total. The number of hydrogen-bond donors (Lipinski definition) is 2. The first kappa shape index (κ1) is 18.6.